The van der Waals surface area contributed by atoms with E-state index in [2.05, 4.69) is 15.0 Å². The van der Waals surface area contributed by atoms with Crippen LogP contribution in [0.25, 0.3) is 11.1 Å². The number of hydrogen-bond donors (Lipinski definition) is 1. The number of hydrogen-bond acceptors (Lipinski definition) is 3. The van der Waals surface area contributed by atoms with Crippen molar-refractivity contribution in [3.8, 4) is 17.0 Å². The van der Waals surface area contributed by atoms with Gasteiger partial charge in [-0.1, -0.05) is 12.1 Å². The van der Waals surface area contributed by atoms with Gasteiger partial charge in [0.15, 0.2) is 0 Å². The van der Waals surface area contributed by atoms with Gasteiger partial charge in [-0.2, -0.15) is 0 Å². The van der Waals surface area contributed by atoms with Crippen LogP contribution in [0.15, 0.2) is 36.5 Å². The van der Waals surface area contributed by atoms with E-state index in [4.69, 9.17) is 0 Å². The Kier molecular flexibility index (Phi) is 3.10. The Morgan fingerprint density at radius 2 is 1.90 bits per heavy atom. The fourth-order valence-electron chi connectivity index (χ4n) is 2.26. The zero-order chi connectivity index (χ0) is 14.2. The molecule has 3 rings (SSSR count). The van der Waals surface area contributed by atoms with E-state index < -0.39 is 12.2 Å². The molecule has 3 nitrogen and oxygen atoms in total. The van der Waals surface area contributed by atoms with E-state index in [-0.39, 0.29) is 0 Å². The van der Waals surface area contributed by atoms with Crippen molar-refractivity contribution in [2.75, 3.05) is 0 Å². The van der Waals surface area contributed by atoms with Gasteiger partial charge < -0.3 is 10.1 Å². The summed E-state index contributed by atoms with van der Waals surface area (Å²) in [5.74, 6) is -0.425. The summed E-state index contributed by atoms with van der Waals surface area (Å²) in [6.45, 7) is 1.51. The van der Waals surface area contributed by atoms with Gasteiger partial charge in [-0.15, -0.1) is 13.2 Å². The van der Waals surface area contributed by atoms with Crippen LogP contribution in [0.5, 0.6) is 5.88 Å². The molecule has 0 spiro atoms. The number of ether oxygens (including phenoxy) is 1. The molecule has 0 atom stereocenters. The summed E-state index contributed by atoms with van der Waals surface area (Å²) in [6.07, 6.45) is -3.47. The number of alkyl halides is 3. The van der Waals surface area contributed by atoms with Gasteiger partial charge in [0.05, 0.1) is 0 Å². The van der Waals surface area contributed by atoms with Gasteiger partial charge in [0.2, 0.25) is 5.88 Å². The second-order valence-electron chi connectivity index (χ2n) is 4.49. The average molecular weight is 280 g/mol. The normalized spacial score (nSPS) is 14.2. The summed E-state index contributed by atoms with van der Waals surface area (Å²) in [6, 6.07) is 8.72. The molecule has 1 aliphatic heterocycles. The molecular formula is C14H11F3N2O. The van der Waals surface area contributed by atoms with Gasteiger partial charge >= 0.3 is 6.36 Å². The minimum absolute atomic E-state index is 0.333. The van der Waals surface area contributed by atoms with Crippen LogP contribution in [0.2, 0.25) is 0 Å². The number of fused-ring (bicyclic) bond motifs is 1. The average Bonchev–Trinajstić information content (AvgIpc) is 2.84. The zero-order valence-electron chi connectivity index (χ0n) is 10.4. The Morgan fingerprint density at radius 1 is 1.10 bits per heavy atom. The summed E-state index contributed by atoms with van der Waals surface area (Å²) in [5, 5.41) is 3.19. The number of aromatic nitrogens is 1. The van der Waals surface area contributed by atoms with E-state index in [0.717, 1.165) is 24.2 Å². The van der Waals surface area contributed by atoms with Crippen molar-refractivity contribution < 1.29 is 17.9 Å². The third-order valence-corrected chi connectivity index (χ3v) is 3.13. The smallest absolute Gasteiger partial charge is 0.387 e. The van der Waals surface area contributed by atoms with Crippen LogP contribution in [0, 0.1) is 0 Å². The van der Waals surface area contributed by atoms with E-state index in [1.807, 2.05) is 12.1 Å². The lowest BCUT2D eigenvalue weighted by Gasteiger charge is -2.12. The molecule has 0 bridgehead atoms. The monoisotopic (exact) mass is 280 g/mol. The van der Waals surface area contributed by atoms with Gasteiger partial charge in [-0.05, 0) is 34.9 Å². The summed E-state index contributed by atoms with van der Waals surface area (Å²) in [5.41, 5.74) is 3.25. The van der Waals surface area contributed by atoms with Crippen molar-refractivity contribution in [2.24, 2.45) is 0 Å². The minimum atomic E-state index is -4.75. The third kappa shape index (κ3) is 2.60. The van der Waals surface area contributed by atoms with Crippen molar-refractivity contribution in [3.05, 3.63) is 47.7 Å². The summed E-state index contributed by atoms with van der Waals surface area (Å²) < 4.78 is 41.1. The van der Waals surface area contributed by atoms with E-state index >= 15 is 0 Å². The Hall–Kier alpha value is -2.08. The first-order valence-electron chi connectivity index (χ1n) is 6.06. The van der Waals surface area contributed by atoms with Crippen LogP contribution in [0.4, 0.5) is 13.2 Å². The number of benzene rings is 1. The SMILES string of the molecule is FC(F)(F)Oc1ncccc1-c1ccc2c(c1)CNC2. The molecule has 1 N–H and O–H groups in total. The maximum Gasteiger partial charge on any atom is 0.574 e. The Labute approximate surface area is 113 Å². The maximum absolute atomic E-state index is 12.4. The molecule has 0 amide bonds. The van der Waals surface area contributed by atoms with Crippen LogP contribution in [0.1, 0.15) is 11.1 Å². The first kappa shape index (κ1) is 12.9. The summed E-state index contributed by atoms with van der Waals surface area (Å²) in [7, 11) is 0. The van der Waals surface area contributed by atoms with E-state index in [9.17, 15) is 13.2 Å². The lowest BCUT2D eigenvalue weighted by molar-refractivity contribution is -0.275. The molecule has 0 radical (unpaired) electrons. The van der Waals surface area contributed by atoms with Gasteiger partial charge in [0.1, 0.15) is 0 Å². The summed E-state index contributed by atoms with van der Waals surface area (Å²) >= 11 is 0. The Balaban J connectivity index is 2.02. The van der Waals surface area contributed by atoms with Crippen molar-refractivity contribution >= 4 is 0 Å². The predicted molar refractivity (Wildman–Crippen MR) is 66.9 cm³/mol. The van der Waals surface area contributed by atoms with Crippen LogP contribution in [-0.4, -0.2) is 11.3 Å². The molecule has 6 heteroatoms. The van der Waals surface area contributed by atoms with E-state index in [0.29, 0.717) is 11.1 Å². The number of halogens is 3. The third-order valence-electron chi connectivity index (χ3n) is 3.13. The van der Waals surface area contributed by atoms with Crippen LogP contribution in [0.3, 0.4) is 0 Å². The maximum atomic E-state index is 12.4. The highest BCUT2D eigenvalue weighted by atomic mass is 19.4. The van der Waals surface area contributed by atoms with Crippen LogP contribution in [-0.2, 0) is 13.1 Å². The quantitative estimate of drug-likeness (QED) is 0.917. The van der Waals surface area contributed by atoms with E-state index in [1.165, 1.54) is 6.20 Å². The molecule has 0 saturated carbocycles. The second-order valence-corrected chi connectivity index (χ2v) is 4.49. The molecule has 0 saturated heterocycles. The van der Waals surface area contributed by atoms with Crippen molar-refractivity contribution in [3.63, 3.8) is 0 Å². The van der Waals surface area contributed by atoms with Crippen molar-refractivity contribution in [2.45, 2.75) is 19.5 Å². The predicted octanol–water partition coefficient (Wildman–Crippen LogP) is 3.25. The van der Waals surface area contributed by atoms with E-state index in [1.54, 1.807) is 18.2 Å². The lowest BCUT2D eigenvalue weighted by Crippen LogP contribution is -2.18. The number of nitrogens with one attached hydrogen (secondary N) is 1. The largest absolute Gasteiger partial charge is 0.574 e. The number of pyridine rings is 1. The van der Waals surface area contributed by atoms with Crippen LogP contribution >= 0.6 is 0 Å². The first-order valence-corrected chi connectivity index (χ1v) is 6.06. The molecule has 1 aromatic heterocycles. The molecule has 1 aliphatic rings. The summed E-state index contributed by atoms with van der Waals surface area (Å²) in [4.78, 5) is 3.68. The van der Waals surface area contributed by atoms with Gasteiger partial charge in [0.25, 0.3) is 0 Å². The highest BCUT2D eigenvalue weighted by Crippen LogP contribution is 2.33. The van der Waals surface area contributed by atoms with Gasteiger partial charge in [-0.25, -0.2) is 4.98 Å². The fourth-order valence-corrected chi connectivity index (χ4v) is 2.26. The van der Waals surface area contributed by atoms with Gasteiger partial charge in [0, 0.05) is 24.8 Å². The minimum Gasteiger partial charge on any atom is -0.387 e. The fraction of sp³-hybridized carbons (Fsp3) is 0.214. The molecule has 2 heterocycles. The zero-order valence-corrected chi connectivity index (χ0v) is 10.4. The second kappa shape index (κ2) is 4.79. The Bertz CT molecular complexity index is 641. The van der Waals surface area contributed by atoms with Crippen molar-refractivity contribution in [1.29, 1.82) is 0 Å². The number of rotatable bonds is 2. The highest BCUT2D eigenvalue weighted by Gasteiger charge is 2.33. The van der Waals surface area contributed by atoms with Gasteiger partial charge in [-0.3, -0.25) is 0 Å². The highest BCUT2D eigenvalue weighted by molar-refractivity contribution is 5.69. The molecule has 104 valence electrons. The molecule has 0 aliphatic carbocycles. The Morgan fingerprint density at radius 3 is 2.70 bits per heavy atom. The van der Waals surface area contributed by atoms with Crippen LogP contribution < -0.4 is 10.1 Å². The molecule has 20 heavy (non-hydrogen) atoms. The molecule has 2 aromatic rings. The van der Waals surface area contributed by atoms with Crippen molar-refractivity contribution in [1.82, 2.24) is 10.3 Å². The first-order chi connectivity index (χ1) is 9.53. The lowest BCUT2D eigenvalue weighted by atomic mass is 10.0. The topological polar surface area (TPSA) is 34.1 Å². The molecule has 0 unspecified atom stereocenters. The molecule has 0 fully saturated rings. The number of nitrogens with zero attached hydrogens (tertiary/aromatic N) is 1. The molecular weight excluding hydrogens is 269 g/mol. The molecule has 1 aromatic carbocycles. The standard InChI is InChI=1S/C14H11F3N2O/c15-14(16,17)20-13-12(2-1-5-19-13)9-3-4-10-7-18-8-11(10)6-9/h1-6,18H,7-8H2.